The van der Waals surface area contributed by atoms with Gasteiger partial charge in [-0.05, 0) is 37.1 Å². The first-order valence-corrected chi connectivity index (χ1v) is 11.2. The maximum Gasteiger partial charge on any atom is 0.260 e. The van der Waals surface area contributed by atoms with Gasteiger partial charge in [0.15, 0.2) is 16.4 Å². The van der Waals surface area contributed by atoms with Crippen LogP contribution in [0.5, 0.6) is 5.75 Å². The standard InChI is InChI=1S/C19H25N3O5S/c1-3-4-10-22(16-9-11-28(24,25)13-16)18(23)12-26-17-7-5-15(6-8-17)19-20-14(2)27-21-19/h5-8,16H,3-4,9-13H2,1-2H3. The van der Waals surface area contributed by atoms with Gasteiger partial charge < -0.3 is 14.2 Å². The van der Waals surface area contributed by atoms with E-state index in [4.69, 9.17) is 9.26 Å². The van der Waals surface area contributed by atoms with Crippen molar-refractivity contribution in [2.45, 2.75) is 39.2 Å². The highest BCUT2D eigenvalue weighted by Crippen LogP contribution is 2.21. The normalized spacial score (nSPS) is 18.1. The van der Waals surface area contributed by atoms with E-state index in [1.54, 1.807) is 36.1 Å². The molecule has 0 bridgehead atoms. The summed E-state index contributed by atoms with van der Waals surface area (Å²) in [6, 6.07) is 6.82. The van der Waals surface area contributed by atoms with Gasteiger partial charge in [-0.3, -0.25) is 4.79 Å². The van der Waals surface area contributed by atoms with E-state index < -0.39 is 9.84 Å². The fraction of sp³-hybridized carbons (Fsp3) is 0.526. The number of carbonyl (C=O) groups is 1. The maximum absolute atomic E-state index is 12.7. The predicted octanol–water partition coefficient (Wildman–Crippen LogP) is 2.24. The first-order valence-electron chi connectivity index (χ1n) is 9.41. The molecule has 1 aliphatic rings. The summed E-state index contributed by atoms with van der Waals surface area (Å²) < 4.78 is 34.2. The number of aryl methyl sites for hydroxylation is 1. The first kappa shape index (κ1) is 20.3. The number of hydrogen-bond donors (Lipinski definition) is 0. The van der Waals surface area contributed by atoms with Crippen LogP contribution < -0.4 is 4.74 Å². The van der Waals surface area contributed by atoms with Crippen LogP contribution >= 0.6 is 0 Å². The Morgan fingerprint density at radius 1 is 1.32 bits per heavy atom. The first-order chi connectivity index (χ1) is 13.4. The second kappa shape index (κ2) is 8.72. The summed E-state index contributed by atoms with van der Waals surface area (Å²) in [4.78, 5) is 18.5. The second-order valence-corrected chi connectivity index (χ2v) is 9.18. The van der Waals surface area contributed by atoms with Crippen LogP contribution in [0.4, 0.5) is 0 Å². The van der Waals surface area contributed by atoms with Gasteiger partial charge in [-0.2, -0.15) is 4.98 Å². The van der Waals surface area contributed by atoms with Crippen LogP contribution in [-0.2, 0) is 14.6 Å². The van der Waals surface area contributed by atoms with E-state index >= 15 is 0 Å². The van der Waals surface area contributed by atoms with E-state index in [1.807, 2.05) is 6.92 Å². The largest absolute Gasteiger partial charge is 0.484 e. The average Bonchev–Trinajstić information content (AvgIpc) is 3.26. The van der Waals surface area contributed by atoms with Crippen LogP contribution in [0.25, 0.3) is 11.4 Å². The molecule has 1 atom stereocenters. The van der Waals surface area contributed by atoms with Crippen molar-refractivity contribution in [2.75, 3.05) is 24.7 Å². The number of benzene rings is 1. The minimum absolute atomic E-state index is 0.0429. The molecular weight excluding hydrogens is 382 g/mol. The Labute approximate surface area is 164 Å². The van der Waals surface area contributed by atoms with E-state index in [1.165, 1.54) is 0 Å². The molecule has 1 aliphatic heterocycles. The van der Waals surface area contributed by atoms with Crippen LogP contribution in [0.1, 0.15) is 32.1 Å². The highest BCUT2D eigenvalue weighted by molar-refractivity contribution is 7.91. The highest BCUT2D eigenvalue weighted by Gasteiger charge is 2.34. The summed E-state index contributed by atoms with van der Waals surface area (Å²) in [5.74, 6) is 1.53. The minimum atomic E-state index is -3.05. The molecule has 1 amide bonds. The van der Waals surface area contributed by atoms with Crippen molar-refractivity contribution in [3.63, 3.8) is 0 Å². The fourth-order valence-corrected chi connectivity index (χ4v) is 4.94. The Balaban J connectivity index is 1.60. The number of aromatic nitrogens is 2. The fourth-order valence-electron chi connectivity index (χ4n) is 3.21. The van der Waals surface area contributed by atoms with Gasteiger partial charge in [-0.25, -0.2) is 8.42 Å². The number of amides is 1. The number of hydrogen-bond acceptors (Lipinski definition) is 7. The summed E-state index contributed by atoms with van der Waals surface area (Å²) in [6.45, 7) is 4.19. The van der Waals surface area contributed by atoms with Crippen molar-refractivity contribution in [3.05, 3.63) is 30.2 Å². The third kappa shape index (κ3) is 5.09. The zero-order valence-electron chi connectivity index (χ0n) is 16.1. The van der Waals surface area contributed by atoms with Crippen molar-refractivity contribution in [1.82, 2.24) is 15.0 Å². The molecule has 0 N–H and O–H groups in total. The van der Waals surface area contributed by atoms with Gasteiger partial charge >= 0.3 is 0 Å². The van der Waals surface area contributed by atoms with Crippen LogP contribution in [0.2, 0.25) is 0 Å². The zero-order valence-corrected chi connectivity index (χ0v) is 16.9. The van der Waals surface area contributed by atoms with Crippen LogP contribution in [-0.4, -0.2) is 60.1 Å². The van der Waals surface area contributed by atoms with Gasteiger partial charge in [0, 0.05) is 25.1 Å². The molecule has 0 spiro atoms. The SMILES string of the molecule is CCCCN(C(=O)COc1ccc(-c2noc(C)n2)cc1)C1CCS(=O)(=O)C1. The van der Waals surface area contributed by atoms with E-state index in [0.717, 1.165) is 18.4 Å². The Morgan fingerprint density at radius 2 is 2.07 bits per heavy atom. The topological polar surface area (TPSA) is 103 Å². The molecule has 1 unspecified atom stereocenters. The van der Waals surface area contributed by atoms with E-state index in [-0.39, 0.29) is 30.1 Å². The van der Waals surface area contributed by atoms with Gasteiger partial charge in [-0.15, -0.1) is 0 Å². The second-order valence-electron chi connectivity index (χ2n) is 6.95. The van der Waals surface area contributed by atoms with Crippen molar-refractivity contribution >= 4 is 15.7 Å². The van der Waals surface area contributed by atoms with Crippen LogP contribution in [0.15, 0.2) is 28.8 Å². The summed E-state index contributed by atoms with van der Waals surface area (Å²) in [5.41, 5.74) is 0.788. The minimum Gasteiger partial charge on any atom is -0.484 e. The van der Waals surface area contributed by atoms with Crippen molar-refractivity contribution in [1.29, 1.82) is 0 Å². The average molecular weight is 407 g/mol. The molecule has 1 aromatic carbocycles. The molecule has 0 saturated carbocycles. The summed E-state index contributed by atoms with van der Waals surface area (Å²) in [7, 11) is -3.05. The van der Waals surface area contributed by atoms with Gasteiger partial charge in [0.05, 0.1) is 11.5 Å². The summed E-state index contributed by atoms with van der Waals surface area (Å²) in [5, 5.41) is 3.86. The maximum atomic E-state index is 12.7. The lowest BCUT2D eigenvalue weighted by Crippen LogP contribution is -2.44. The lowest BCUT2D eigenvalue weighted by Gasteiger charge is -2.28. The van der Waals surface area contributed by atoms with Crippen molar-refractivity contribution < 1.29 is 22.5 Å². The molecule has 0 aliphatic carbocycles. The molecule has 1 fully saturated rings. The third-order valence-corrected chi connectivity index (χ3v) is 6.47. The molecule has 8 nitrogen and oxygen atoms in total. The van der Waals surface area contributed by atoms with E-state index in [9.17, 15) is 13.2 Å². The number of unbranched alkanes of at least 4 members (excludes halogenated alkanes) is 1. The molecule has 9 heteroatoms. The Kier molecular flexibility index (Phi) is 6.33. The number of nitrogens with zero attached hydrogens (tertiary/aromatic N) is 3. The molecule has 0 radical (unpaired) electrons. The number of carbonyl (C=O) groups excluding carboxylic acids is 1. The van der Waals surface area contributed by atoms with Crippen LogP contribution in [0, 0.1) is 6.92 Å². The summed E-state index contributed by atoms with van der Waals surface area (Å²) in [6.07, 6.45) is 2.26. The quantitative estimate of drug-likeness (QED) is 0.661. The molecule has 2 heterocycles. The predicted molar refractivity (Wildman–Crippen MR) is 104 cm³/mol. The van der Waals surface area contributed by atoms with Gasteiger partial charge in [0.2, 0.25) is 11.7 Å². The molecular formula is C19H25N3O5S. The van der Waals surface area contributed by atoms with Crippen molar-refractivity contribution in [2.24, 2.45) is 0 Å². The van der Waals surface area contributed by atoms with Crippen molar-refractivity contribution in [3.8, 4) is 17.1 Å². The summed E-state index contributed by atoms with van der Waals surface area (Å²) >= 11 is 0. The molecule has 28 heavy (non-hydrogen) atoms. The Morgan fingerprint density at radius 3 is 2.64 bits per heavy atom. The van der Waals surface area contributed by atoms with Gasteiger partial charge in [-0.1, -0.05) is 18.5 Å². The van der Waals surface area contributed by atoms with E-state index in [2.05, 4.69) is 10.1 Å². The number of ether oxygens (including phenoxy) is 1. The number of rotatable bonds is 8. The third-order valence-electron chi connectivity index (χ3n) is 4.72. The molecule has 1 aromatic heterocycles. The van der Waals surface area contributed by atoms with Crippen LogP contribution in [0.3, 0.4) is 0 Å². The van der Waals surface area contributed by atoms with Gasteiger partial charge in [0.25, 0.3) is 5.91 Å². The molecule has 3 rings (SSSR count). The Hall–Kier alpha value is -2.42. The number of sulfone groups is 1. The highest BCUT2D eigenvalue weighted by atomic mass is 32.2. The Bertz CT molecular complexity index is 908. The molecule has 1 saturated heterocycles. The monoisotopic (exact) mass is 407 g/mol. The van der Waals surface area contributed by atoms with Gasteiger partial charge in [0.1, 0.15) is 5.75 Å². The zero-order chi connectivity index (χ0) is 20.1. The molecule has 2 aromatic rings. The smallest absolute Gasteiger partial charge is 0.260 e. The molecule has 152 valence electrons. The lowest BCUT2D eigenvalue weighted by molar-refractivity contribution is -0.135. The lowest BCUT2D eigenvalue weighted by atomic mass is 10.2. The van der Waals surface area contributed by atoms with E-state index in [0.29, 0.717) is 30.4 Å².